The summed E-state index contributed by atoms with van der Waals surface area (Å²) in [5.74, 6) is 0.499. The average Bonchev–Trinajstić information content (AvgIpc) is 2.79. The standard InChI is InChI=1S/C31H47NO4/c1-26(2)13-15-31(25(34)36-8)16-14-29(6)19(20(31)18-26)17-21(33)24-28(5)11-10-23(32-35)27(3,4)22(28)9-12-30(24,29)7/h17,20,22,24,35H,9-16,18H2,1-8H3/b32-23+/t20-,22-,24+,28-,29+,30+,31-/m0/s1. The number of esters is 1. The van der Waals surface area contributed by atoms with E-state index in [0.717, 1.165) is 63.5 Å². The van der Waals surface area contributed by atoms with E-state index in [4.69, 9.17) is 4.74 Å². The Morgan fingerprint density at radius 2 is 1.67 bits per heavy atom. The third-order valence-corrected chi connectivity index (χ3v) is 12.9. The number of hydrogen-bond acceptors (Lipinski definition) is 5. The predicted octanol–water partition coefficient (Wildman–Crippen LogP) is 6.97. The van der Waals surface area contributed by atoms with Gasteiger partial charge in [-0.2, -0.15) is 0 Å². The topological polar surface area (TPSA) is 76.0 Å². The molecule has 5 rings (SSSR count). The normalized spacial score (nSPS) is 48.1. The highest BCUT2D eigenvalue weighted by atomic mass is 16.5. The molecule has 0 unspecified atom stereocenters. The molecule has 0 heterocycles. The summed E-state index contributed by atoms with van der Waals surface area (Å²) < 4.78 is 5.44. The zero-order chi connectivity index (χ0) is 26.5. The molecule has 0 spiro atoms. The number of rotatable bonds is 1. The molecule has 7 atom stereocenters. The van der Waals surface area contributed by atoms with Gasteiger partial charge in [-0.1, -0.05) is 59.2 Å². The summed E-state index contributed by atoms with van der Waals surface area (Å²) in [5, 5.41) is 13.5. The fraction of sp³-hybridized carbons (Fsp3) is 0.839. The first-order valence-corrected chi connectivity index (χ1v) is 14.2. The minimum atomic E-state index is -0.500. The lowest BCUT2D eigenvalue weighted by atomic mass is 9.33. The Hall–Kier alpha value is -1.65. The molecule has 0 aromatic rings. The van der Waals surface area contributed by atoms with Crippen molar-refractivity contribution >= 4 is 17.5 Å². The Morgan fingerprint density at radius 1 is 1.00 bits per heavy atom. The highest BCUT2D eigenvalue weighted by molar-refractivity contribution is 5.97. The van der Waals surface area contributed by atoms with E-state index < -0.39 is 5.41 Å². The molecule has 0 bridgehead atoms. The van der Waals surface area contributed by atoms with E-state index in [1.54, 1.807) is 0 Å². The number of nitrogens with zero attached hydrogens (tertiary/aromatic N) is 1. The molecule has 5 aliphatic rings. The van der Waals surface area contributed by atoms with Gasteiger partial charge in [0.25, 0.3) is 0 Å². The fourth-order valence-corrected chi connectivity index (χ4v) is 10.6. The smallest absolute Gasteiger partial charge is 0.312 e. The maximum Gasteiger partial charge on any atom is 0.312 e. The van der Waals surface area contributed by atoms with E-state index in [-0.39, 0.29) is 50.7 Å². The summed E-state index contributed by atoms with van der Waals surface area (Å²) in [6, 6.07) is 0. The number of methoxy groups -OCH3 is 1. The minimum absolute atomic E-state index is 0.0563. The molecule has 5 nitrogen and oxygen atoms in total. The van der Waals surface area contributed by atoms with Crippen molar-refractivity contribution < 1.29 is 19.5 Å². The van der Waals surface area contributed by atoms with Gasteiger partial charge < -0.3 is 9.94 Å². The van der Waals surface area contributed by atoms with Gasteiger partial charge >= 0.3 is 5.97 Å². The van der Waals surface area contributed by atoms with Crippen molar-refractivity contribution in [2.24, 2.45) is 55.4 Å². The fourth-order valence-electron chi connectivity index (χ4n) is 10.6. The molecule has 0 aromatic carbocycles. The largest absolute Gasteiger partial charge is 0.469 e. The van der Waals surface area contributed by atoms with Crippen LogP contribution >= 0.6 is 0 Å². The Labute approximate surface area is 217 Å². The van der Waals surface area contributed by atoms with Crippen LogP contribution in [-0.2, 0) is 14.3 Å². The zero-order valence-electron chi connectivity index (χ0n) is 23.8. The van der Waals surface area contributed by atoms with Gasteiger partial charge in [-0.15, -0.1) is 0 Å². The number of carbonyl (C=O) groups excluding carboxylic acids is 2. The van der Waals surface area contributed by atoms with Crippen LogP contribution in [0.5, 0.6) is 0 Å². The maximum absolute atomic E-state index is 14.4. The second-order valence-corrected chi connectivity index (χ2v) is 15.1. The molecule has 0 saturated heterocycles. The number of fused-ring (bicyclic) bond motifs is 7. The Kier molecular flexibility index (Phi) is 5.55. The lowest BCUT2D eigenvalue weighted by Gasteiger charge is -2.70. The van der Waals surface area contributed by atoms with Crippen molar-refractivity contribution in [2.45, 2.75) is 106 Å². The first kappa shape index (κ1) is 26.0. The summed E-state index contributed by atoms with van der Waals surface area (Å²) >= 11 is 0. The number of ketones is 1. The molecule has 5 heteroatoms. The van der Waals surface area contributed by atoms with Crippen LogP contribution in [-0.4, -0.2) is 29.8 Å². The molecule has 200 valence electrons. The molecule has 5 aliphatic carbocycles. The van der Waals surface area contributed by atoms with Crippen LogP contribution < -0.4 is 0 Å². The lowest BCUT2D eigenvalue weighted by Crippen LogP contribution is -2.66. The first-order chi connectivity index (χ1) is 16.6. The van der Waals surface area contributed by atoms with Crippen LogP contribution in [0.2, 0.25) is 0 Å². The van der Waals surface area contributed by atoms with Gasteiger partial charge in [0, 0.05) is 11.3 Å². The number of allylic oxidation sites excluding steroid dienone is 2. The number of ether oxygens (including phenoxy) is 1. The van der Waals surface area contributed by atoms with E-state index in [1.807, 2.05) is 6.08 Å². The molecule has 0 aromatic heterocycles. The van der Waals surface area contributed by atoms with Crippen molar-refractivity contribution in [3.8, 4) is 0 Å². The molecular weight excluding hydrogens is 450 g/mol. The number of oxime groups is 1. The Morgan fingerprint density at radius 3 is 2.31 bits per heavy atom. The third-order valence-electron chi connectivity index (χ3n) is 12.9. The van der Waals surface area contributed by atoms with Crippen LogP contribution in [0.4, 0.5) is 0 Å². The van der Waals surface area contributed by atoms with Gasteiger partial charge in [0.2, 0.25) is 0 Å². The maximum atomic E-state index is 14.4. The lowest BCUT2D eigenvalue weighted by molar-refractivity contribution is -0.184. The highest BCUT2D eigenvalue weighted by Gasteiger charge is 2.71. The molecule has 0 amide bonds. The number of carbonyl (C=O) groups is 2. The quantitative estimate of drug-likeness (QED) is 0.241. The van der Waals surface area contributed by atoms with Gasteiger partial charge in [0.05, 0.1) is 18.2 Å². The molecule has 4 saturated carbocycles. The molecule has 4 fully saturated rings. The van der Waals surface area contributed by atoms with E-state index in [9.17, 15) is 14.8 Å². The van der Waals surface area contributed by atoms with Crippen LogP contribution in [0.1, 0.15) is 106 Å². The third kappa shape index (κ3) is 3.04. The summed E-state index contributed by atoms with van der Waals surface area (Å²) in [7, 11) is 1.52. The number of hydrogen-bond donors (Lipinski definition) is 1. The predicted molar refractivity (Wildman–Crippen MR) is 141 cm³/mol. The van der Waals surface area contributed by atoms with Crippen molar-refractivity contribution in [1.29, 1.82) is 0 Å². The van der Waals surface area contributed by atoms with Crippen molar-refractivity contribution in [1.82, 2.24) is 0 Å². The van der Waals surface area contributed by atoms with Gasteiger partial charge in [0.1, 0.15) is 0 Å². The SMILES string of the molecule is COC(=O)[C@]12CCC(C)(C)C[C@H]1C1=CC(=O)[C@@H]3[C@@]4(C)CC/C(=N\O)C(C)(C)[C@@H]4CC[C@@]3(C)[C@]1(C)CC2. The summed E-state index contributed by atoms with van der Waals surface area (Å²) in [6.07, 6.45) is 10.2. The van der Waals surface area contributed by atoms with Crippen molar-refractivity contribution in [2.75, 3.05) is 7.11 Å². The van der Waals surface area contributed by atoms with E-state index >= 15 is 0 Å². The monoisotopic (exact) mass is 497 g/mol. The summed E-state index contributed by atoms with van der Waals surface area (Å²) in [6.45, 7) is 16.2. The Balaban J connectivity index is 1.65. The molecule has 0 aliphatic heterocycles. The molecule has 0 radical (unpaired) electrons. The van der Waals surface area contributed by atoms with Crippen LogP contribution in [0, 0.1) is 50.2 Å². The van der Waals surface area contributed by atoms with E-state index in [1.165, 1.54) is 12.7 Å². The molecular formula is C31H47NO4. The van der Waals surface area contributed by atoms with Gasteiger partial charge in [-0.05, 0) is 97.4 Å². The van der Waals surface area contributed by atoms with Crippen molar-refractivity contribution in [3.63, 3.8) is 0 Å². The second kappa shape index (κ2) is 7.69. The molecule has 1 N–H and O–H groups in total. The van der Waals surface area contributed by atoms with Crippen molar-refractivity contribution in [3.05, 3.63) is 11.6 Å². The summed E-state index contributed by atoms with van der Waals surface area (Å²) in [4.78, 5) is 27.7. The van der Waals surface area contributed by atoms with Gasteiger partial charge in [0.15, 0.2) is 5.78 Å². The highest BCUT2D eigenvalue weighted by Crippen LogP contribution is 2.75. The van der Waals surface area contributed by atoms with E-state index in [0.29, 0.717) is 5.92 Å². The first-order valence-electron chi connectivity index (χ1n) is 14.2. The minimum Gasteiger partial charge on any atom is -0.469 e. The van der Waals surface area contributed by atoms with Gasteiger partial charge in [-0.3, -0.25) is 9.59 Å². The van der Waals surface area contributed by atoms with Crippen LogP contribution in [0.25, 0.3) is 0 Å². The van der Waals surface area contributed by atoms with Crippen LogP contribution in [0.15, 0.2) is 16.8 Å². The van der Waals surface area contributed by atoms with Gasteiger partial charge in [-0.25, -0.2) is 0 Å². The van der Waals surface area contributed by atoms with E-state index in [2.05, 4.69) is 53.6 Å². The zero-order valence-corrected chi connectivity index (χ0v) is 23.8. The Bertz CT molecular complexity index is 1050. The molecule has 36 heavy (non-hydrogen) atoms. The van der Waals surface area contributed by atoms with Crippen LogP contribution in [0.3, 0.4) is 0 Å². The second-order valence-electron chi connectivity index (χ2n) is 15.1. The average molecular weight is 498 g/mol. The summed E-state index contributed by atoms with van der Waals surface area (Å²) in [5.41, 5.74) is 1.11.